The van der Waals surface area contributed by atoms with Gasteiger partial charge in [-0.25, -0.2) is 4.39 Å². The molecule has 6 nitrogen and oxygen atoms in total. The van der Waals surface area contributed by atoms with Crippen molar-refractivity contribution in [2.45, 2.75) is 6.42 Å². The number of primary amides is 1. The minimum atomic E-state index is -0.709. The lowest BCUT2D eigenvalue weighted by atomic mass is 10.1. The first-order valence-corrected chi connectivity index (χ1v) is 7.04. The molecule has 0 radical (unpaired) electrons. The van der Waals surface area contributed by atoms with Gasteiger partial charge < -0.3 is 15.8 Å². The Morgan fingerprint density at radius 3 is 2.33 bits per heavy atom. The van der Waals surface area contributed by atoms with E-state index in [0.717, 1.165) is 0 Å². The van der Waals surface area contributed by atoms with Crippen LogP contribution >= 0.6 is 0 Å². The monoisotopic (exact) mass is 330 g/mol. The van der Waals surface area contributed by atoms with Crippen molar-refractivity contribution in [2.24, 2.45) is 5.73 Å². The molecule has 0 aliphatic rings. The highest BCUT2D eigenvalue weighted by atomic mass is 19.1. The Kier molecular flexibility index (Phi) is 5.62. The Hall–Kier alpha value is -3.22. The van der Waals surface area contributed by atoms with Gasteiger partial charge in [-0.1, -0.05) is 18.2 Å². The fourth-order valence-electron chi connectivity index (χ4n) is 1.91. The van der Waals surface area contributed by atoms with Crippen molar-refractivity contribution in [2.75, 3.05) is 11.9 Å². The molecule has 2 rings (SSSR count). The van der Waals surface area contributed by atoms with E-state index in [4.69, 9.17) is 10.5 Å². The van der Waals surface area contributed by atoms with Crippen LogP contribution in [0.25, 0.3) is 0 Å². The van der Waals surface area contributed by atoms with Crippen molar-refractivity contribution in [1.29, 1.82) is 0 Å². The predicted octanol–water partition coefficient (Wildman–Crippen LogP) is 1.65. The maximum atomic E-state index is 13.4. The number of rotatable bonds is 6. The van der Waals surface area contributed by atoms with Crippen LogP contribution in [0.15, 0.2) is 48.5 Å². The number of carbonyl (C=O) groups excluding carboxylic acids is 3. The fraction of sp³-hybridized carbons (Fsp3) is 0.118. The van der Waals surface area contributed by atoms with Crippen molar-refractivity contribution in [3.63, 3.8) is 0 Å². The Morgan fingerprint density at radius 2 is 1.71 bits per heavy atom. The minimum Gasteiger partial charge on any atom is -0.455 e. The van der Waals surface area contributed by atoms with Crippen LogP contribution in [0.4, 0.5) is 10.1 Å². The zero-order valence-corrected chi connectivity index (χ0v) is 12.6. The topological polar surface area (TPSA) is 98.5 Å². The Bertz CT molecular complexity index is 759. The van der Waals surface area contributed by atoms with Gasteiger partial charge in [0, 0.05) is 11.3 Å². The number of hydrogen-bond donors (Lipinski definition) is 2. The molecule has 0 saturated heterocycles. The SMILES string of the molecule is NC(=O)c1ccc(NC(=O)COC(=O)Cc2ccccc2F)cc1. The molecule has 0 atom stereocenters. The normalized spacial score (nSPS) is 10.0. The second-order valence-corrected chi connectivity index (χ2v) is 4.92. The first-order chi connectivity index (χ1) is 11.5. The standard InChI is InChI=1S/C17H15FN2O4/c18-14-4-2-1-3-12(14)9-16(22)24-10-15(21)20-13-7-5-11(6-8-13)17(19)23/h1-8H,9-10H2,(H2,19,23)(H,20,21). The lowest BCUT2D eigenvalue weighted by Gasteiger charge is -2.07. The van der Waals surface area contributed by atoms with Crippen LogP contribution in [0, 0.1) is 5.82 Å². The van der Waals surface area contributed by atoms with E-state index in [1.54, 1.807) is 6.07 Å². The van der Waals surface area contributed by atoms with Crippen LogP contribution in [-0.4, -0.2) is 24.4 Å². The van der Waals surface area contributed by atoms with Gasteiger partial charge in [0.1, 0.15) is 5.82 Å². The van der Waals surface area contributed by atoms with Gasteiger partial charge >= 0.3 is 5.97 Å². The summed E-state index contributed by atoms with van der Waals surface area (Å²) in [4.78, 5) is 34.3. The van der Waals surface area contributed by atoms with Crippen LogP contribution in [0.5, 0.6) is 0 Å². The van der Waals surface area contributed by atoms with E-state index in [1.807, 2.05) is 0 Å². The van der Waals surface area contributed by atoms with E-state index in [1.165, 1.54) is 42.5 Å². The molecule has 0 fully saturated rings. The van der Waals surface area contributed by atoms with E-state index in [2.05, 4.69) is 5.32 Å². The molecule has 2 aromatic carbocycles. The molecule has 0 bridgehead atoms. The lowest BCUT2D eigenvalue weighted by Crippen LogP contribution is -2.22. The first-order valence-electron chi connectivity index (χ1n) is 7.04. The van der Waals surface area contributed by atoms with Crippen molar-refractivity contribution < 1.29 is 23.5 Å². The van der Waals surface area contributed by atoms with Gasteiger partial charge in [0.15, 0.2) is 6.61 Å². The molecule has 7 heteroatoms. The fourth-order valence-corrected chi connectivity index (χ4v) is 1.91. The third-order valence-electron chi connectivity index (χ3n) is 3.11. The largest absolute Gasteiger partial charge is 0.455 e. The summed E-state index contributed by atoms with van der Waals surface area (Å²) in [5.74, 6) is -2.34. The van der Waals surface area contributed by atoms with Gasteiger partial charge in [-0.15, -0.1) is 0 Å². The van der Waals surface area contributed by atoms with Crippen LogP contribution in [0.2, 0.25) is 0 Å². The van der Waals surface area contributed by atoms with Crippen molar-refractivity contribution in [3.8, 4) is 0 Å². The average Bonchev–Trinajstić information content (AvgIpc) is 2.55. The summed E-state index contributed by atoms with van der Waals surface area (Å²) in [5, 5.41) is 2.50. The number of nitrogens with two attached hydrogens (primary N) is 1. The number of esters is 1. The molecular weight excluding hydrogens is 315 g/mol. The van der Waals surface area contributed by atoms with Gasteiger partial charge in [0.25, 0.3) is 5.91 Å². The summed E-state index contributed by atoms with van der Waals surface area (Å²) in [7, 11) is 0. The Morgan fingerprint density at radius 1 is 1.04 bits per heavy atom. The van der Waals surface area contributed by atoms with Gasteiger partial charge in [-0.3, -0.25) is 14.4 Å². The minimum absolute atomic E-state index is 0.199. The van der Waals surface area contributed by atoms with Gasteiger partial charge in [-0.05, 0) is 35.9 Å². The van der Waals surface area contributed by atoms with E-state index in [0.29, 0.717) is 11.3 Å². The number of hydrogen-bond acceptors (Lipinski definition) is 4. The van der Waals surface area contributed by atoms with Crippen LogP contribution in [0.1, 0.15) is 15.9 Å². The number of anilines is 1. The van der Waals surface area contributed by atoms with Crippen molar-refractivity contribution >= 4 is 23.5 Å². The predicted molar refractivity (Wildman–Crippen MR) is 84.7 cm³/mol. The number of benzene rings is 2. The van der Waals surface area contributed by atoms with E-state index >= 15 is 0 Å². The smallest absolute Gasteiger partial charge is 0.310 e. The van der Waals surface area contributed by atoms with Gasteiger partial charge in [-0.2, -0.15) is 0 Å². The van der Waals surface area contributed by atoms with E-state index in [9.17, 15) is 18.8 Å². The molecule has 0 spiro atoms. The van der Waals surface area contributed by atoms with E-state index < -0.39 is 30.2 Å². The maximum absolute atomic E-state index is 13.4. The van der Waals surface area contributed by atoms with Gasteiger partial charge in [0.05, 0.1) is 6.42 Å². The third-order valence-corrected chi connectivity index (χ3v) is 3.11. The highest BCUT2D eigenvalue weighted by Crippen LogP contribution is 2.10. The van der Waals surface area contributed by atoms with Gasteiger partial charge in [0.2, 0.25) is 5.91 Å². The summed E-state index contributed by atoms with van der Waals surface area (Å²) >= 11 is 0. The molecule has 2 amide bonds. The molecule has 0 aromatic heterocycles. The molecule has 0 unspecified atom stereocenters. The highest BCUT2D eigenvalue weighted by molar-refractivity contribution is 5.95. The molecule has 124 valence electrons. The Labute approximate surface area is 137 Å². The Balaban J connectivity index is 1.81. The summed E-state index contributed by atoms with van der Waals surface area (Å²) in [6, 6.07) is 11.7. The summed E-state index contributed by atoms with van der Waals surface area (Å²) in [6.45, 7) is -0.495. The van der Waals surface area contributed by atoms with Crippen LogP contribution in [-0.2, 0) is 20.7 Å². The molecule has 0 aliphatic carbocycles. The second-order valence-electron chi connectivity index (χ2n) is 4.92. The number of ether oxygens (including phenoxy) is 1. The number of nitrogens with one attached hydrogen (secondary N) is 1. The second kappa shape index (κ2) is 7.87. The molecule has 3 N–H and O–H groups in total. The zero-order chi connectivity index (χ0) is 17.5. The molecule has 0 heterocycles. The molecule has 2 aromatic rings. The molecule has 24 heavy (non-hydrogen) atoms. The summed E-state index contributed by atoms with van der Waals surface area (Å²) < 4.78 is 18.2. The molecular formula is C17H15FN2O4. The molecule has 0 aliphatic heterocycles. The van der Waals surface area contributed by atoms with E-state index in [-0.39, 0.29) is 12.0 Å². The zero-order valence-electron chi connectivity index (χ0n) is 12.6. The van der Waals surface area contributed by atoms with Crippen LogP contribution < -0.4 is 11.1 Å². The average molecular weight is 330 g/mol. The highest BCUT2D eigenvalue weighted by Gasteiger charge is 2.11. The number of amides is 2. The first kappa shape index (κ1) is 17.1. The summed E-state index contributed by atoms with van der Waals surface area (Å²) in [6.07, 6.45) is -0.257. The third kappa shape index (κ3) is 4.91. The number of halogens is 1. The van der Waals surface area contributed by atoms with Crippen molar-refractivity contribution in [3.05, 3.63) is 65.5 Å². The quantitative estimate of drug-likeness (QED) is 0.787. The molecule has 0 saturated carbocycles. The summed E-state index contributed by atoms with van der Waals surface area (Å²) in [5.41, 5.74) is 6.04. The van der Waals surface area contributed by atoms with Crippen molar-refractivity contribution in [1.82, 2.24) is 0 Å². The number of carbonyl (C=O) groups is 3. The van der Waals surface area contributed by atoms with Crippen LogP contribution in [0.3, 0.4) is 0 Å². The lowest BCUT2D eigenvalue weighted by molar-refractivity contribution is -0.146. The maximum Gasteiger partial charge on any atom is 0.310 e.